The maximum absolute atomic E-state index is 12.4. The fraction of sp³-hybridized carbons (Fsp3) is 0.167. The number of aromatic nitrogens is 4. The molecule has 8 nitrogen and oxygen atoms in total. The highest BCUT2D eigenvalue weighted by Crippen LogP contribution is 2.24. The summed E-state index contributed by atoms with van der Waals surface area (Å²) in [6.07, 6.45) is 2.24. The summed E-state index contributed by atoms with van der Waals surface area (Å²) in [4.78, 5) is 31.7. The van der Waals surface area contributed by atoms with Gasteiger partial charge in [-0.15, -0.1) is 0 Å². The van der Waals surface area contributed by atoms with Gasteiger partial charge in [0.1, 0.15) is 17.8 Å². The minimum Gasteiger partial charge on any atom is -0.340 e. The van der Waals surface area contributed by atoms with Crippen LogP contribution in [0.15, 0.2) is 47.5 Å². The van der Waals surface area contributed by atoms with Crippen LogP contribution in [0.3, 0.4) is 0 Å². The summed E-state index contributed by atoms with van der Waals surface area (Å²) in [6, 6.07) is 10.2. The largest absolute Gasteiger partial charge is 0.340 e. The highest BCUT2D eigenvalue weighted by molar-refractivity contribution is 6.03. The van der Waals surface area contributed by atoms with E-state index in [4.69, 9.17) is 0 Å². The number of aromatic amines is 1. The van der Waals surface area contributed by atoms with Gasteiger partial charge in [-0.3, -0.25) is 9.59 Å². The van der Waals surface area contributed by atoms with Crippen molar-refractivity contribution in [2.75, 3.05) is 10.6 Å². The van der Waals surface area contributed by atoms with E-state index in [2.05, 4.69) is 30.8 Å². The second-order valence-corrected chi connectivity index (χ2v) is 5.66. The van der Waals surface area contributed by atoms with E-state index in [1.165, 1.54) is 18.5 Å². The van der Waals surface area contributed by atoms with Crippen LogP contribution in [0.4, 0.5) is 17.2 Å². The monoisotopic (exact) mass is 350 g/mol. The van der Waals surface area contributed by atoms with Crippen LogP contribution in [0.5, 0.6) is 0 Å². The van der Waals surface area contributed by atoms with Gasteiger partial charge in [0.25, 0.3) is 11.5 Å². The summed E-state index contributed by atoms with van der Waals surface area (Å²) in [6.45, 7) is 3.89. The van der Waals surface area contributed by atoms with E-state index in [1.807, 2.05) is 38.1 Å². The molecule has 0 aliphatic rings. The lowest BCUT2D eigenvalue weighted by Gasteiger charge is -2.13. The number of hydrogen-bond donors (Lipinski definition) is 3. The molecule has 0 aliphatic heterocycles. The Morgan fingerprint density at radius 1 is 1.15 bits per heavy atom. The SMILES string of the molecule is CCc1ccc(Nc2cc(C)ncn2)cc1NC(=O)c1ccc(=O)[nH]n1. The Kier molecular flexibility index (Phi) is 5.02. The zero-order valence-electron chi connectivity index (χ0n) is 14.4. The molecule has 0 spiro atoms. The molecular formula is C18H18N6O2. The van der Waals surface area contributed by atoms with Crippen molar-refractivity contribution >= 4 is 23.1 Å². The van der Waals surface area contributed by atoms with Crippen LogP contribution in [0.2, 0.25) is 0 Å². The van der Waals surface area contributed by atoms with Crippen LogP contribution in [0.25, 0.3) is 0 Å². The van der Waals surface area contributed by atoms with Gasteiger partial charge in [-0.1, -0.05) is 13.0 Å². The fourth-order valence-corrected chi connectivity index (χ4v) is 2.41. The van der Waals surface area contributed by atoms with Crippen LogP contribution < -0.4 is 16.2 Å². The average Bonchev–Trinajstić information content (AvgIpc) is 2.62. The molecule has 2 aromatic heterocycles. The smallest absolute Gasteiger partial charge is 0.276 e. The summed E-state index contributed by atoms with van der Waals surface area (Å²) < 4.78 is 0. The Balaban J connectivity index is 1.84. The first-order valence-corrected chi connectivity index (χ1v) is 8.11. The molecule has 26 heavy (non-hydrogen) atoms. The van der Waals surface area contributed by atoms with Crippen LogP contribution in [-0.2, 0) is 6.42 Å². The zero-order chi connectivity index (χ0) is 18.5. The average molecular weight is 350 g/mol. The summed E-state index contributed by atoms with van der Waals surface area (Å²) in [5.41, 5.74) is 3.06. The molecule has 0 saturated carbocycles. The number of carbonyl (C=O) groups excluding carboxylic acids is 1. The molecule has 0 saturated heterocycles. The van der Waals surface area contributed by atoms with Crippen LogP contribution >= 0.6 is 0 Å². The van der Waals surface area contributed by atoms with Gasteiger partial charge in [-0.05, 0) is 37.1 Å². The minimum atomic E-state index is -0.397. The number of benzene rings is 1. The first kappa shape index (κ1) is 17.3. The third kappa shape index (κ3) is 4.10. The van der Waals surface area contributed by atoms with E-state index < -0.39 is 5.91 Å². The van der Waals surface area contributed by atoms with Crippen molar-refractivity contribution in [3.63, 3.8) is 0 Å². The molecule has 132 valence electrons. The molecule has 3 rings (SSSR count). The standard InChI is InChI=1S/C18H18N6O2/c1-3-12-4-5-13(21-16-8-11(2)19-10-20-16)9-15(12)22-18(26)14-6-7-17(25)24-23-14/h4-10H,3H2,1-2H3,(H,22,26)(H,24,25)(H,19,20,21). The molecular weight excluding hydrogens is 332 g/mol. The topological polar surface area (TPSA) is 113 Å². The maximum atomic E-state index is 12.4. The number of H-pyrrole nitrogens is 1. The molecule has 0 radical (unpaired) electrons. The van der Waals surface area contributed by atoms with Crippen molar-refractivity contribution in [3.05, 3.63) is 70.0 Å². The Bertz CT molecular complexity index is 978. The van der Waals surface area contributed by atoms with Crippen LogP contribution in [0, 0.1) is 6.92 Å². The van der Waals surface area contributed by atoms with E-state index in [0.717, 1.165) is 23.4 Å². The van der Waals surface area contributed by atoms with Gasteiger partial charge in [-0.25, -0.2) is 15.1 Å². The van der Waals surface area contributed by atoms with E-state index in [0.29, 0.717) is 11.5 Å². The summed E-state index contributed by atoms with van der Waals surface area (Å²) >= 11 is 0. The molecule has 3 aromatic rings. The lowest BCUT2D eigenvalue weighted by atomic mass is 10.1. The van der Waals surface area contributed by atoms with Crippen molar-refractivity contribution < 1.29 is 4.79 Å². The van der Waals surface area contributed by atoms with Crippen molar-refractivity contribution in [2.24, 2.45) is 0 Å². The first-order chi connectivity index (χ1) is 12.5. The van der Waals surface area contributed by atoms with Gasteiger partial charge < -0.3 is 10.6 Å². The molecule has 0 aliphatic carbocycles. The molecule has 3 N–H and O–H groups in total. The molecule has 0 fully saturated rings. The van der Waals surface area contributed by atoms with Gasteiger partial charge in [0.15, 0.2) is 0 Å². The maximum Gasteiger partial charge on any atom is 0.276 e. The Hall–Kier alpha value is -3.55. The zero-order valence-corrected chi connectivity index (χ0v) is 14.4. The number of rotatable bonds is 5. The van der Waals surface area contributed by atoms with E-state index in [-0.39, 0.29) is 11.3 Å². The normalized spacial score (nSPS) is 10.4. The minimum absolute atomic E-state index is 0.136. The van der Waals surface area contributed by atoms with Crippen molar-refractivity contribution in [3.8, 4) is 0 Å². The lowest BCUT2D eigenvalue weighted by Crippen LogP contribution is -2.18. The first-order valence-electron chi connectivity index (χ1n) is 8.11. The van der Waals surface area contributed by atoms with Gasteiger partial charge in [0, 0.05) is 29.2 Å². The van der Waals surface area contributed by atoms with E-state index in [1.54, 1.807) is 0 Å². The van der Waals surface area contributed by atoms with E-state index >= 15 is 0 Å². The number of nitrogens with one attached hydrogen (secondary N) is 3. The van der Waals surface area contributed by atoms with Crippen LogP contribution in [-0.4, -0.2) is 26.1 Å². The molecule has 0 unspecified atom stereocenters. The predicted molar refractivity (Wildman–Crippen MR) is 98.7 cm³/mol. The number of carbonyl (C=O) groups is 1. The predicted octanol–water partition coefficient (Wildman–Crippen LogP) is 2.43. The molecule has 0 bridgehead atoms. The summed E-state index contributed by atoms with van der Waals surface area (Å²) in [5.74, 6) is 0.271. The number of aryl methyl sites for hydroxylation is 2. The third-order valence-electron chi connectivity index (χ3n) is 3.73. The summed E-state index contributed by atoms with van der Waals surface area (Å²) in [7, 11) is 0. The second kappa shape index (κ2) is 7.56. The number of hydrogen-bond acceptors (Lipinski definition) is 6. The highest BCUT2D eigenvalue weighted by atomic mass is 16.2. The molecule has 8 heteroatoms. The van der Waals surface area contributed by atoms with Crippen molar-refractivity contribution in [2.45, 2.75) is 20.3 Å². The lowest BCUT2D eigenvalue weighted by molar-refractivity contribution is 0.102. The fourth-order valence-electron chi connectivity index (χ4n) is 2.41. The molecule has 0 atom stereocenters. The number of amides is 1. The Morgan fingerprint density at radius 2 is 2.00 bits per heavy atom. The number of anilines is 3. The number of nitrogens with zero attached hydrogens (tertiary/aromatic N) is 3. The molecule has 1 amide bonds. The van der Waals surface area contributed by atoms with Gasteiger partial charge >= 0.3 is 0 Å². The Labute approximate surface area is 149 Å². The van der Waals surface area contributed by atoms with Crippen molar-refractivity contribution in [1.82, 2.24) is 20.2 Å². The molecule has 1 aromatic carbocycles. The molecule has 2 heterocycles. The second-order valence-electron chi connectivity index (χ2n) is 5.66. The van der Waals surface area contributed by atoms with Crippen LogP contribution in [0.1, 0.15) is 28.7 Å². The Morgan fingerprint density at radius 3 is 2.69 bits per heavy atom. The summed E-state index contributed by atoms with van der Waals surface area (Å²) in [5, 5.41) is 12.0. The van der Waals surface area contributed by atoms with Gasteiger partial charge in [-0.2, -0.15) is 5.10 Å². The quantitative estimate of drug-likeness (QED) is 0.651. The van der Waals surface area contributed by atoms with Gasteiger partial charge in [0.05, 0.1) is 0 Å². The highest BCUT2D eigenvalue weighted by Gasteiger charge is 2.11. The van der Waals surface area contributed by atoms with Gasteiger partial charge in [0.2, 0.25) is 0 Å². The van der Waals surface area contributed by atoms with E-state index in [9.17, 15) is 9.59 Å². The third-order valence-corrected chi connectivity index (χ3v) is 3.73. The van der Waals surface area contributed by atoms with Crippen molar-refractivity contribution in [1.29, 1.82) is 0 Å².